The van der Waals surface area contributed by atoms with Crippen LogP contribution in [-0.4, -0.2) is 108 Å². The van der Waals surface area contributed by atoms with Crippen molar-refractivity contribution in [3.05, 3.63) is 60.2 Å². The molecule has 7 N–H and O–H groups in total. The second-order valence-corrected chi connectivity index (χ2v) is 11.4. The molecule has 1 fully saturated rings. The van der Waals surface area contributed by atoms with Crippen molar-refractivity contribution >= 4 is 29.5 Å². The molecule has 1 aliphatic heterocycles. The number of carbonyl (C=O) groups is 3. The highest BCUT2D eigenvalue weighted by Gasteiger charge is 2.56. The van der Waals surface area contributed by atoms with Crippen molar-refractivity contribution in [2.45, 2.75) is 56.0 Å². The average Bonchev–Trinajstić information content (AvgIpc) is 3.02. The number of benzene rings is 2. The molecule has 1 aliphatic rings. The summed E-state index contributed by atoms with van der Waals surface area (Å²) >= 11 is 1.61. The Bertz CT molecular complexity index is 1190. The normalized spacial score (nSPS) is 23.2. The van der Waals surface area contributed by atoms with Crippen molar-refractivity contribution < 1.29 is 43.9 Å². The summed E-state index contributed by atoms with van der Waals surface area (Å²) in [7, 11) is 1.13. The summed E-state index contributed by atoms with van der Waals surface area (Å²) < 4.78 is 16.7. The molecule has 0 saturated carbocycles. The van der Waals surface area contributed by atoms with Gasteiger partial charge in [0.25, 0.3) is 11.7 Å². The molecule has 6 atom stereocenters. The van der Waals surface area contributed by atoms with Gasteiger partial charge >= 0.3 is 5.97 Å². The van der Waals surface area contributed by atoms with Crippen LogP contribution in [0.15, 0.2) is 54.6 Å². The molecule has 236 valence electrons. The number of rotatable bonds is 15. The molecule has 0 bridgehead atoms. The number of aliphatic hydroxyl groups is 3. The van der Waals surface area contributed by atoms with E-state index in [1.54, 1.807) is 36.0 Å². The average molecular weight is 620 g/mol. The molecule has 0 radical (unpaired) electrons. The molecular formula is C30H41N3O9S. The fraction of sp³-hybridized carbons (Fsp3) is 0.500. The molecule has 6 unspecified atom stereocenters. The number of carbonyl (C=O) groups excluding carboxylic acids is 3. The zero-order chi connectivity index (χ0) is 31.4. The van der Waals surface area contributed by atoms with Crippen LogP contribution < -0.4 is 16.4 Å². The number of amides is 2. The van der Waals surface area contributed by atoms with Crippen LogP contribution in [0.4, 0.5) is 0 Å². The number of methoxy groups -OCH3 is 1. The van der Waals surface area contributed by atoms with E-state index in [0.29, 0.717) is 24.3 Å². The Morgan fingerprint density at radius 3 is 2.40 bits per heavy atom. The molecule has 0 aliphatic carbocycles. The molecule has 0 aromatic heterocycles. The minimum atomic E-state index is -2.10. The van der Waals surface area contributed by atoms with Crippen LogP contribution >= 0.6 is 11.8 Å². The van der Waals surface area contributed by atoms with Gasteiger partial charge in [-0.1, -0.05) is 42.5 Å². The smallest absolute Gasteiger partial charge is 0.366 e. The summed E-state index contributed by atoms with van der Waals surface area (Å²) in [5.74, 6) is -2.61. The first-order valence-corrected chi connectivity index (χ1v) is 15.2. The number of hydrogen-bond donors (Lipinski definition) is 6. The predicted molar refractivity (Wildman–Crippen MR) is 161 cm³/mol. The third-order valence-corrected chi connectivity index (χ3v) is 8.03. The van der Waals surface area contributed by atoms with Crippen LogP contribution in [0.1, 0.15) is 30.1 Å². The SMILES string of the molecule is COC(=O)C1(OCCCSCCN)CC(O)C(NC(C)=O)C(C(O)C(O)CNC(=O)c2ccc(-c3ccccc3)cc2)O1. The summed E-state index contributed by atoms with van der Waals surface area (Å²) in [6.45, 7) is 1.41. The van der Waals surface area contributed by atoms with Gasteiger partial charge in [0.2, 0.25) is 5.91 Å². The van der Waals surface area contributed by atoms with Crippen molar-refractivity contribution in [1.82, 2.24) is 10.6 Å². The summed E-state index contributed by atoms with van der Waals surface area (Å²) in [6.07, 6.45) is -6.15. The lowest BCUT2D eigenvalue weighted by Gasteiger charge is -2.47. The zero-order valence-corrected chi connectivity index (χ0v) is 25.1. The maximum atomic E-state index is 12.9. The molecule has 43 heavy (non-hydrogen) atoms. The van der Waals surface area contributed by atoms with E-state index in [0.717, 1.165) is 24.0 Å². The molecule has 12 nitrogen and oxygen atoms in total. The topological polar surface area (TPSA) is 190 Å². The molecule has 2 aromatic rings. The van der Waals surface area contributed by atoms with Gasteiger partial charge in [-0.25, -0.2) is 4.79 Å². The van der Waals surface area contributed by atoms with Crippen LogP contribution in [0.25, 0.3) is 11.1 Å². The van der Waals surface area contributed by atoms with Gasteiger partial charge in [0.15, 0.2) is 0 Å². The van der Waals surface area contributed by atoms with Crippen LogP contribution in [0.3, 0.4) is 0 Å². The van der Waals surface area contributed by atoms with Gasteiger partial charge < -0.3 is 45.9 Å². The molecule has 3 rings (SSSR count). The minimum absolute atomic E-state index is 0.0642. The van der Waals surface area contributed by atoms with Gasteiger partial charge in [-0.05, 0) is 35.4 Å². The van der Waals surface area contributed by atoms with E-state index in [1.807, 2.05) is 30.3 Å². The lowest BCUT2D eigenvalue weighted by Crippen LogP contribution is -2.68. The lowest BCUT2D eigenvalue weighted by molar-refractivity contribution is -0.311. The number of esters is 1. The Kier molecular flexibility index (Phi) is 13.4. The van der Waals surface area contributed by atoms with Gasteiger partial charge in [-0.15, -0.1) is 0 Å². The molecule has 0 spiro atoms. The van der Waals surface area contributed by atoms with Crippen molar-refractivity contribution in [2.24, 2.45) is 5.73 Å². The van der Waals surface area contributed by atoms with Crippen LogP contribution in [0, 0.1) is 0 Å². The fourth-order valence-electron chi connectivity index (χ4n) is 4.76. The molecule has 1 heterocycles. The number of aliphatic hydroxyl groups excluding tert-OH is 3. The fourth-order valence-corrected chi connectivity index (χ4v) is 5.46. The number of nitrogens with one attached hydrogen (secondary N) is 2. The van der Waals surface area contributed by atoms with E-state index in [9.17, 15) is 29.7 Å². The molecule has 1 saturated heterocycles. The largest absolute Gasteiger partial charge is 0.465 e. The first-order valence-electron chi connectivity index (χ1n) is 14.0. The number of nitrogens with two attached hydrogens (primary N) is 1. The number of ether oxygens (including phenoxy) is 3. The van der Waals surface area contributed by atoms with E-state index in [1.165, 1.54) is 6.92 Å². The van der Waals surface area contributed by atoms with Crippen molar-refractivity contribution in [3.8, 4) is 11.1 Å². The molecule has 2 amide bonds. The highest BCUT2D eigenvalue weighted by molar-refractivity contribution is 7.99. The Hall–Kier alpha value is -3.04. The lowest BCUT2D eigenvalue weighted by atomic mass is 9.88. The highest BCUT2D eigenvalue weighted by atomic mass is 32.2. The second kappa shape index (κ2) is 16.7. The Balaban J connectivity index is 1.70. The zero-order valence-electron chi connectivity index (χ0n) is 24.3. The quantitative estimate of drug-likeness (QED) is 0.120. The third kappa shape index (κ3) is 9.47. The molecular weight excluding hydrogens is 578 g/mol. The number of hydrogen-bond acceptors (Lipinski definition) is 11. The minimum Gasteiger partial charge on any atom is -0.465 e. The van der Waals surface area contributed by atoms with Crippen molar-refractivity contribution in [3.63, 3.8) is 0 Å². The summed E-state index contributed by atoms with van der Waals surface area (Å²) in [5.41, 5.74) is 7.76. The van der Waals surface area contributed by atoms with Gasteiger partial charge in [0.1, 0.15) is 12.2 Å². The van der Waals surface area contributed by atoms with Crippen molar-refractivity contribution in [2.75, 3.05) is 38.3 Å². The van der Waals surface area contributed by atoms with E-state index >= 15 is 0 Å². The predicted octanol–water partition coefficient (Wildman–Crippen LogP) is 0.428. The number of thioether (sulfide) groups is 1. The van der Waals surface area contributed by atoms with Crippen LogP contribution in [0.5, 0.6) is 0 Å². The van der Waals surface area contributed by atoms with Gasteiger partial charge in [-0.3, -0.25) is 9.59 Å². The van der Waals surface area contributed by atoms with E-state index in [2.05, 4.69) is 10.6 Å². The van der Waals surface area contributed by atoms with Crippen LogP contribution in [0.2, 0.25) is 0 Å². The monoisotopic (exact) mass is 619 g/mol. The van der Waals surface area contributed by atoms with Crippen LogP contribution in [-0.2, 0) is 23.8 Å². The maximum Gasteiger partial charge on any atom is 0.366 e. The Morgan fingerprint density at radius 1 is 1.09 bits per heavy atom. The Morgan fingerprint density at radius 2 is 1.77 bits per heavy atom. The van der Waals surface area contributed by atoms with Gasteiger partial charge in [0, 0.05) is 37.8 Å². The molecule has 13 heteroatoms. The summed E-state index contributed by atoms with van der Waals surface area (Å²) in [4.78, 5) is 37.6. The first kappa shape index (κ1) is 34.5. The molecule has 2 aromatic carbocycles. The highest BCUT2D eigenvalue weighted by Crippen LogP contribution is 2.34. The maximum absolute atomic E-state index is 12.9. The first-order chi connectivity index (χ1) is 20.6. The van der Waals surface area contributed by atoms with Crippen molar-refractivity contribution in [1.29, 1.82) is 0 Å². The third-order valence-electron chi connectivity index (χ3n) is 6.93. The Labute approximate surface area is 255 Å². The summed E-state index contributed by atoms with van der Waals surface area (Å²) in [5, 5.41) is 38.1. The van der Waals surface area contributed by atoms with E-state index in [4.69, 9.17) is 19.9 Å². The van der Waals surface area contributed by atoms with E-state index < -0.39 is 67.0 Å². The van der Waals surface area contributed by atoms with Gasteiger partial charge in [-0.2, -0.15) is 11.8 Å². The second-order valence-electron chi connectivity index (χ2n) is 10.1. The summed E-state index contributed by atoms with van der Waals surface area (Å²) in [6, 6.07) is 15.3. The van der Waals surface area contributed by atoms with E-state index in [-0.39, 0.29) is 6.61 Å². The standard InChI is InChI=1S/C30H41N3O9S/c1-19(34)33-25-23(35)17-30(29(39)40-2,41-14-6-15-43-16-13-31)42-27(25)26(37)24(36)18-32-28(38)22-11-9-21(10-12-22)20-7-4-3-5-8-20/h3-5,7-12,23-27,35-37H,6,13-18,31H2,1-2H3,(H,32,38)(H,33,34). The van der Waals surface area contributed by atoms with Gasteiger partial charge in [0.05, 0.1) is 32.0 Å².